The van der Waals surface area contributed by atoms with Crippen molar-refractivity contribution in [3.8, 4) is 22.3 Å². The van der Waals surface area contributed by atoms with E-state index in [9.17, 15) is 0 Å². The van der Waals surface area contributed by atoms with Gasteiger partial charge in [0.05, 0.1) is 5.69 Å². The molecule has 0 bridgehead atoms. The Balaban J connectivity index is 0.666. The van der Waals surface area contributed by atoms with Crippen molar-refractivity contribution in [3.05, 3.63) is 306 Å². The number of pyridine rings is 1. The van der Waals surface area contributed by atoms with Crippen molar-refractivity contribution in [2.24, 2.45) is 0 Å². The van der Waals surface area contributed by atoms with Crippen molar-refractivity contribution in [2.75, 3.05) is 9.80 Å². The van der Waals surface area contributed by atoms with E-state index in [0.29, 0.717) is 0 Å². The summed E-state index contributed by atoms with van der Waals surface area (Å²) in [6, 6.07) is 93.9. The summed E-state index contributed by atoms with van der Waals surface area (Å²) >= 11 is 0. The van der Waals surface area contributed by atoms with E-state index in [4.69, 9.17) is 4.98 Å². The molecule has 0 unspecified atom stereocenters. The lowest BCUT2D eigenvalue weighted by Crippen LogP contribution is -2.16. The van der Waals surface area contributed by atoms with Crippen molar-refractivity contribution >= 4 is 102 Å². The molecule has 82 heavy (non-hydrogen) atoms. The van der Waals surface area contributed by atoms with Crippen LogP contribution in [0, 0.1) is 0 Å². The summed E-state index contributed by atoms with van der Waals surface area (Å²) in [5.41, 5.74) is 21.2. The van der Waals surface area contributed by atoms with Crippen LogP contribution in [0.25, 0.3) is 89.6 Å². The summed E-state index contributed by atoms with van der Waals surface area (Å²) < 4.78 is 0. The van der Waals surface area contributed by atoms with E-state index in [1.165, 1.54) is 93.2 Å². The first kappa shape index (κ1) is 49.0. The van der Waals surface area contributed by atoms with E-state index in [1.807, 2.05) is 6.20 Å². The van der Waals surface area contributed by atoms with E-state index in [-0.39, 0.29) is 10.8 Å². The second-order valence-electron chi connectivity index (χ2n) is 23.3. The van der Waals surface area contributed by atoms with E-state index in [1.54, 1.807) is 0 Å². The normalized spacial score (nSPS) is 13.7. The minimum Gasteiger partial charge on any atom is -0.310 e. The maximum Gasteiger partial charge on any atom is 0.0630 e. The van der Waals surface area contributed by atoms with Crippen LogP contribution >= 0.6 is 0 Å². The average molecular weight is 1050 g/mol. The molecule has 0 saturated heterocycles. The summed E-state index contributed by atoms with van der Waals surface area (Å²) in [7, 11) is 0. The molecule has 0 aliphatic heterocycles. The highest BCUT2D eigenvalue weighted by atomic mass is 15.1. The Morgan fingerprint density at radius 2 is 0.561 bits per heavy atom. The van der Waals surface area contributed by atoms with Crippen LogP contribution in [0.5, 0.6) is 0 Å². The zero-order valence-corrected chi connectivity index (χ0v) is 46.5. The molecule has 390 valence electrons. The first-order valence-electron chi connectivity index (χ1n) is 28.6. The topological polar surface area (TPSA) is 19.4 Å². The third-order valence-corrected chi connectivity index (χ3v) is 17.6. The van der Waals surface area contributed by atoms with Gasteiger partial charge in [-0.3, -0.25) is 4.98 Å². The minimum absolute atomic E-state index is 0.208. The summed E-state index contributed by atoms with van der Waals surface area (Å²) in [6.07, 6.45) is 10.7. The monoisotopic (exact) mass is 1050 g/mol. The van der Waals surface area contributed by atoms with Crippen LogP contribution in [0.15, 0.2) is 261 Å². The van der Waals surface area contributed by atoms with Gasteiger partial charge in [0.25, 0.3) is 0 Å². The third kappa shape index (κ3) is 8.48. The molecular formula is C79H59N3. The molecule has 3 nitrogen and oxygen atoms in total. The molecule has 0 atom stereocenters. The maximum absolute atomic E-state index is 4.91. The molecular weight excluding hydrogens is 991 g/mol. The fourth-order valence-electron chi connectivity index (χ4n) is 13.1. The molecule has 2 aliphatic carbocycles. The predicted octanol–water partition coefficient (Wildman–Crippen LogP) is 21.6. The molecule has 0 amide bonds. The van der Waals surface area contributed by atoms with Crippen molar-refractivity contribution in [3.63, 3.8) is 0 Å². The lowest BCUT2D eigenvalue weighted by molar-refractivity contribution is 0.660. The molecule has 1 aromatic heterocycles. The largest absolute Gasteiger partial charge is 0.310 e. The summed E-state index contributed by atoms with van der Waals surface area (Å²) in [4.78, 5) is 9.73. The highest BCUT2D eigenvalue weighted by Gasteiger charge is 2.38. The van der Waals surface area contributed by atoms with Gasteiger partial charge < -0.3 is 9.80 Å². The number of aromatic nitrogens is 1. The Morgan fingerprint density at radius 1 is 0.268 bits per heavy atom. The van der Waals surface area contributed by atoms with Crippen LogP contribution in [0.2, 0.25) is 0 Å². The average Bonchev–Trinajstić information content (AvgIpc) is 3.60. The second-order valence-corrected chi connectivity index (χ2v) is 23.3. The zero-order chi connectivity index (χ0) is 55.1. The molecule has 0 radical (unpaired) electrons. The summed E-state index contributed by atoms with van der Waals surface area (Å²) in [6.45, 7) is 9.47. The van der Waals surface area contributed by atoms with Gasteiger partial charge in [-0.05, 0) is 189 Å². The molecule has 1 heterocycles. The van der Waals surface area contributed by atoms with Gasteiger partial charge in [-0.1, -0.05) is 222 Å². The second kappa shape index (κ2) is 19.3. The van der Waals surface area contributed by atoms with Crippen LogP contribution in [-0.2, 0) is 10.8 Å². The van der Waals surface area contributed by atoms with Gasteiger partial charge in [-0.25, -0.2) is 0 Å². The van der Waals surface area contributed by atoms with Gasteiger partial charge in [0.2, 0.25) is 0 Å². The lowest BCUT2D eigenvalue weighted by Gasteiger charge is -2.28. The van der Waals surface area contributed by atoms with Crippen molar-refractivity contribution in [1.29, 1.82) is 0 Å². The van der Waals surface area contributed by atoms with E-state index in [2.05, 4.69) is 317 Å². The molecule has 15 rings (SSSR count). The van der Waals surface area contributed by atoms with Crippen LogP contribution in [-0.4, -0.2) is 4.98 Å². The smallest absolute Gasteiger partial charge is 0.0630 e. The molecule has 0 N–H and O–H groups in total. The SMILES string of the molecule is CC1(C)c2cc(/C=C/c3ccc(/C=C/c4ccc5c(c4)C(C)(C)c4cc(N(c6ccc7ccccc7c6)c6ccc7ccccc7c6)ccc4-5)nc3)ccc2-c2ccc(N(c3ccc4ccccc4c3)c3ccc4ccccc4c3)cc21. The molecule has 0 spiro atoms. The van der Waals surface area contributed by atoms with Crippen LogP contribution in [0.1, 0.15) is 72.3 Å². The van der Waals surface area contributed by atoms with Crippen molar-refractivity contribution in [1.82, 2.24) is 4.98 Å². The first-order valence-corrected chi connectivity index (χ1v) is 28.6. The quantitative estimate of drug-likeness (QED) is 0.136. The van der Waals surface area contributed by atoms with Gasteiger partial charge >= 0.3 is 0 Å². The maximum atomic E-state index is 4.91. The Morgan fingerprint density at radius 3 is 0.927 bits per heavy atom. The number of rotatable bonds is 10. The van der Waals surface area contributed by atoms with Gasteiger partial charge in [0, 0.05) is 51.2 Å². The highest BCUT2D eigenvalue weighted by molar-refractivity contribution is 5.96. The number of anilines is 6. The molecule has 0 saturated carbocycles. The lowest BCUT2D eigenvalue weighted by atomic mass is 9.81. The fourth-order valence-corrected chi connectivity index (χ4v) is 13.1. The summed E-state index contributed by atoms with van der Waals surface area (Å²) in [5.74, 6) is 0. The van der Waals surface area contributed by atoms with Crippen LogP contribution < -0.4 is 9.80 Å². The van der Waals surface area contributed by atoms with E-state index < -0.39 is 0 Å². The molecule has 13 aromatic rings. The number of hydrogen-bond donors (Lipinski definition) is 0. The molecule has 0 fully saturated rings. The Hall–Kier alpha value is -10.1. The van der Waals surface area contributed by atoms with Crippen molar-refractivity contribution < 1.29 is 0 Å². The van der Waals surface area contributed by atoms with Gasteiger partial charge in [-0.2, -0.15) is 0 Å². The van der Waals surface area contributed by atoms with Gasteiger partial charge in [0.15, 0.2) is 0 Å². The van der Waals surface area contributed by atoms with E-state index >= 15 is 0 Å². The fraction of sp³-hybridized carbons (Fsp3) is 0.0759. The number of hydrogen-bond acceptors (Lipinski definition) is 3. The van der Waals surface area contributed by atoms with Gasteiger partial charge in [-0.15, -0.1) is 0 Å². The Bertz CT molecular complexity index is 4310. The number of nitrogens with zero attached hydrogens (tertiary/aromatic N) is 3. The molecule has 12 aromatic carbocycles. The predicted molar refractivity (Wildman–Crippen MR) is 349 cm³/mol. The zero-order valence-electron chi connectivity index (χ0n) is 46.5. The van der Waals surface area contributed by atoms with Crippen LogP contribution in [0.3, 0.4) is 0 Å². The number of fused-ring (bicyclic) bond motifs is 10. The molecule has 2 aliphatic rings. The van der Waals surface area contributed by atoms with E-state index in [0.717, 1.165) is 50.9 Å². The standard InChI is InChI=1S/C79H59N3/c1-78(2)74-43-52(25-39-70(74)72-41-37-68(49-76(72)78)81(64-33-27-55-13-5-9-17-59(55)45-64)65-34-28-56-14-6-10-18-60(56)46-65)21-22-54-24-32-63(80-51-54)31-23-53-26-40-71-73-42-38-69(50-77(73)79(3,4)75(71)44-53)82(66-35-29-57-15-7-11-19-61(57)47-66)67-36-30-58-16-8-12-20-62(58)48-67/h5-51H,1-4H3/b22-21+,31-23+. The van der Waals surface area contributed by atoms with Crippen molar-refractivity contribution in [2.45, 2.75) is 38.5 Å². The first-order chi connectivity index (χ1) is 40.1. The Labute approximate surface area is 480 Å². The summed E-state index contributed by atoms with van der Waals surface area (Å²) in [5, 5.41) is 9.83. The number of benzene rings is 12. The molecule has 3 heteroatoms. The third-order valence-electron chi connectivity index (χ3n) is 17.6. The minimum atomic E-state index is -0.211. The Kier molecular flexibility index (Phi) is 11.5. The van der Waals surface area contributed by atoms with Gasteiger partial charge in [0.1, 0.15) is 0 Å². The highest BCUT2D eigenvalue weighted by Crippen LogP contribution is 2.53. The van der Waals surface area contributed by atoms with Crippen LogP contribution in [0.4, 0.5) is 34.1 Å².